The Morgan fingerprint density at radius 2 is 1.91 bits per heavy atom. The molecule has 1 saturated heterocycles. The van der Waals surface area contributed by atoms with E-state index in [-0.39, 0.29) is 43.7 Å². The number of aliphatic carboxylic acids is 1. The van der Waals surface area contributed by atoms with E-state index >= 15 is 0 Å². The van der Waals surface area contributed by atoms with Crippen LogP contribution in [-0.2, 0) is 33.3 Å². The highest BCUT2D eigenvalue weighted by molar-refractivity contribution is 5.92. The molecule has 0 aromatic heterocycles. The van der Waals surface area contributed by atoms with Gasteiger partial charge in [0.1, 0.15) is 60.6 Å². The lowest BCUT2D eigenvalue weighted by atomic mass is 9.78. The van der Waals surface area contributed by atoms with Crippen molar-refractivity contribution >= 4 is 11.9 Å². The average molecular weight is 670 g/mol. The van der Waals surface area contributed by atoms with Gasteiger partial charge in [0.05, 0.1) is 25.9 Å². The van der Waals surface area contributed by atoms with E-state index in [0.29, 0.717) is 23.3 Å². The fourth-order valence-electron chi connectivity index (χ4n) is 6.05. The zero-order valence-electron chi connectivity index (χ0n) is 26.1. The summed E-state index contributed by atoms with van der Waals surface area (Å²) in [5, 5.41) is 75.7. The first-order valence-corrected chi connectivity index (χ1v) is 15.4. The highest BCUT2D eigenvalue weighted by atomic mass is 16.8. The standard InChI is InChI=1S/C31H44N2O14/c1-3-21-28(47-29-25(44-17-32-2)31(41,42)24(36)23(15-35)46-29)43-16-22(27(39)45-20-6-4-5-7-20)30(21,40)9-8-18-12-19(26(37)38)14-33(13-18)10-11-34/h3,8-9,12,14,16,20-21,23-25,28-29,32,34-36,40-42H,1,4-7,10-11,13,15,17H2,2H3,(H,37,38)/p+1/b9-8+/t21-,23+,24+,25-,28-,29-,30+/m0/s1. The molecular weight excluding hydrogens is 624 g/mol. The first kappa shape index (κ1) is 36.8. The molecule has 1 aliphatic carbocycles. The van der Waals surface area contributed by atoms with E-state index in [9.17, 15) is 45.3 Å². The zero-order chi connectivity index (χ0) is 34.4. The number of carbonyl (C=O) groups is 2. The van der Waals surface area contributed by atoms with Crippen LogP contribution in [0.1, 0.15) is 25.7 Å². The molecule has 0 aromatic carbocycles. The van der Waals surface area contributed by atoms with Gasteiger partial charge in [-0.1, -0.05) is 12.2 Å². The summed E-state index contributed by atoms with van der Waals surface area (Å²) < 4.78 is 28.5. The monoisotopic (exact) mass is 669 g/mol. The lowest BCUT2D eigenvalue weighted by molar-refractivity contribution is -0.842. The predicted molar refractivity (Wildman–Crippen MR) is 159 cm³/mol. The molecule has 262 valence electrons. The number of ether oxygens (including phenoxy) is 5. The number of nitrogens with one attached hydrogen (secondary N) is 2. The van der Waals surface area contributed by atoms with Crippen LogP contribution in [0.2, 0.25) is 0 Å². The highest BCUT2D eigenvalue weighted by Crippen LogP contribution is 2.41. The molecule has 0 spiro atoms. The van der Waals surface area contributed by atoms with Crippen molar-refractivity contribution in [3.05, 3.63) is 60.1 Å². The molecule has 0 aromatic rings. The van der Waals surface area contributed by atoms with Crippen molar-refractivity contribution in [2.45, 2.75) is 74.1 Å². The molecule has 1 saturated carbocycles. The van der Waals surface area contributed by atoms with E-state index < -0.39 is 66.7 Å². The van der Waals surface area contributed by atoms with Gasteiger partial charge in [-0.15, -0.1) is 6.58 Å². The van der Waals surface area contributed by atoms with Crippen molar-refractivity contribution in [2.75, 3.05) is 40.1 Å². The van der Waals surface area contributed by atoms with E-state index in [1.807, 2.05) is 0 Å². The van der Waals surface area contributed by atoms with Gasteiger partial charge in [0.15, 0.2) is 12.4 Å². The van der Waals surface area contributed by atoms with Gasteiger partial charge in [-0.2, -0.15) is 0 Å². The second-order valence-corrected chi connectivity index (χ2v) is 11.9. The fraction of sp³-hybridized carbons (Fsp3) is 0.613. The molecule has 1 unspecified atom stereocenters. The molecule has 2 fully saturated rings. The molecule has 16 heteroatoms. The van der Waals surface area contributed by atoms with Crippen LogP contribution in [0.5, 0.6) is 0 Å². The summed E-state index contributed by atoms with van der Waals surface area (Å²) in [5.41, 5.74) is -2.11. The molecule has 9 N–H and O–H groups in total. The molecule has 3 aliphatic heterocycles. The number of hydrogen-bond acceptors (Lipinski definition) is 14. The summed E-state index contributed by atoms with van der Waals surface area (Å²) in [6.07, 6.45) is 2.03. The van der Waals surface area contributed by atoms with Gasteiger partial charge in [0.25, 0.3) is 0 Å². The third-order valence-corrected chi connectivity index (χ3v) is 8.58. The van der Waals surface area contributed by atoms with Crippen molar-refractivity contribution in [3.8, 4) is 0 Å². The normalized spacial score (nSPS) is 34.3. The third-order valence-electron chi connectivity index (χ3n) is 8.58. The maximum Gasteiger partial charge on any atom is 0.341 e. The van der Waals surface area contributed by atoms with Gasteiger partial charge in [-0.3, -0.25) is 5.32 Å². The Morgan fingerprint density at radius 1 is 1.19 bits per heavy atom. The van der Waals surface area contributed by atoms with Crippen LogP contribution >= 0.6 is 0 Å². The van der Waals surface area contributed by atoms with Crippen molar-refractivity contribution in [3.63, 3.8) is 0 Å². The van der Waals surface area contributed by atoms with Gasteiger partial charge in [-0.05, 0) is 44.9 Å². The lowest BCUT2D eigenvalue weighted by Crippen LogP contribution is -3.08. The maximum absolute atomic E-state index is 13.5. The quantitative estimate of drug-likeness (QED) is 0.0507. The minimum atomic E-state index is -2.96. The van der Waals surface area contributed by atoms with E-state index in [1.165, 1.54) is 37.6 Å². The minimum Gasteiger partial charge on any atom is -0.477 e. The Morgan fingerprint density at radius 3 is 2.53 bits per heavy atom. The SMILES string of the molecule is C=C[C@H]1[C@H](O[C@@H]2O[C@H](CO)[C@@H](O)C(O)(O)[C@H]2OCNC)OC=C(C(=O)OC2CCCC2)[C@@]1(O)/C=C/C1=CC(C(=O)O)=C[NH+](CCO)C1. The van der Waals surface area contributed by atoms with Crippen LogP contribution in [0.3, 0.4) is 0 Å². The minimum absolute atomic E-state index is 0.0321. The number of hydrogen-bond donors (Lipinski definition) is 9. The first-order chi connectivity index (χ1) is 22.4. The molecule has 8 atom stereocenters. The number of carbonyl (C=O) groups excluding carboxylic acids is 1. The summed E-state index contributed by atoms with van der Waals surface area (Å²) in [6.45, 7) is 3.03. The molecule has 0 radical (unpaired) electrons. The van der Waals surface area contributed by atoms with Crippen molar-refractivity contribution in [1.82, 2.24) is 5.32 Å². The maximum atomic E-state index is 13.5. The van der Waals surface area contributed by atoms with E-state index in [4.69, 9.17) is 23.7 Å². The summed E-state index contributed by atoms with van der Waals surface area (Å²) in [6, 6.07) is 0. The topological polar surface area (TPSA) is 238 Å². The first-order valence-electron chi connectivity index (χ1n) is 15.4. The number of quaternary nitrogens is 1. The molecule has 0 bridgehead atoms. The number of carboxylic acid groups (broad SMARTS) is 1. The van der Waals surface area contributed by atoms with Crippen LogP contribution in [0.25, 0.3) is 0 Å². The molecule has 47 heavy (non-hydrogen) atoms. The van der Waals surface area contributed by atoms with Crippen molar-refractivity contribution in [1.29, 1.82) is 0 Å². The molecule has 4 aliphatic rings. The predicted octanol–water partition coefficient (Wildman–Crippen LogP) is -3.07. The molecular formula is C31H45N2O14+. The number of aliphatic hydroxyl groups excluding tert-OH is 3. The fourth-order valence-corrected chi connectivity index (χ4v) is 6.05. The summed E-state index contributed by atoms with van der Waals surface area (Å²) in [4.78, 5) is 25.9. The summed E-state index contributed by atoms with van der Waals surface area (Å²) in [7, 11) is 1.52. The van der Waals surface area contributed by atoms with Gasteiger partial charge in [0, 0.05) is 5.57 Å². The lowest BCUT2D eigenvalue weighted by Gasteiger charge is -2.48. The number of rotatable bonds is 14. The van der Waals surface area contributed by atoms with Crippen LogP contribution in [0.15, 0.2) is 60.1 Å². The molecule has 3 heterocycles. The molecule has 16 nitrogen and oxygen atoms in total. The van der Waals surface area contributed by atoms with Crippen LogP contribution in [0.4, 0.5) is 0 Å². The summed E-state index contributed by atoms with van der Waals surface area (Å²) in [5.74, 6) is -6.30. The van der Waals surface area contributed by atoms with E-state index in [0.717, 1.165) is 19.1 Å². The van der Waals surface area contributed by atoms with Gasteiger partial charge < -0.3 is 64.3 Å². The Labute approximate surface area is 271 Å². The van der Waals surface area contributed by atoms with Gasteiger partial charge in [-0.25, -0.2) is 9.59 Å². The Hall–Kier alpha value is -3.00. The molecule has 4 rings (SSSR count). The van der Waals surface area contributed by atoms with Crippen LogP contribution in [-0.4, -0.2) is 136 Å². The summed E-state index contributed by atoms with van der Waals surface area (Å²) >= 11 is 0. The van der Waals surface area contributed by atoms with Gasteiger partial charge >= 0.3 is 11.9 Å². The molecule has 0 amide bonds. The van der Waals surface area contributed by atoms with Crippen LogP contribution in [0, 0.1) is 5.92 Å². The van der Waals surface area contributed by atoms with E-state index in [1.54, 1.807) is 0 Å². The Balaban J connectivity index is 1.70. The largest absolute Gasteiger partial charge is 0.477 e. The average Bonchev–Trinajstić information content (AvgIpc) is 3.54. The second-order valence-electron chi connectivity index (χ2n) is 11.9. The van der Waals surface area contributed by atoms with E-state index in [2.05, 4.69) is 11.9 Å². The van der Waals surface area contributed by atoms with Gasteiger partial charge in [0.2, 0.25) is 12.1 Å². The number of esters is 1. The number of aliphatic hydroxyl groups is 6. The van der Waals surface area contributed by atoms with Crippen LogP contribution < -0.4 is 10.2 Å². The zero-order valence-corrected chi connectivity index (χ0v) is 26.1. The smallest absolute Gasteiger partial charge is 0.341 e. The Kier molecular flexibility index (Phi) is 12.5. The highest BCUT2D eigenvalue weighted by Gasteiger charge is 2.58. The number of carboxylic acids is 1. The van der Waals surface area contributed by atoms with Crippen molar-refractivity contribution < 1.29 is 73.9 Å². The second kappa shape index (κ2) is 15.9. The third kappa shape index (κ3) is 8.18. The van der Waals surface area contributed by atoms with Crippen molar-refractivity contribution in [2.24, 2.45) is 5.92 Å². The Bertz CT molecular complexity index is 1260.